The molecule has 0 unspecified atom stereocenters. The van der Waals surface area contributed by atoms with Crippen molar-refractivity contribution in [2.45, 2.75) is 0 Å². The number of halogens is 1. The summed E-state index contributed by atoms with van der Waals surface area (Å²) >= 11 is 3.30. The molecule has 0 saturated heterocycles. The molecule has 5 nitrogen and oxygen atoms in total. The molecule has 0 amide bonds. The third kappa shape index (κ3) is 1.89. The molecular formula is C9H6BrN3O2. The first kappa shape index (κ1) is 9.85. The average Bonchev–Trinajstić information content (AvgIpc) is 2.65. The summed E-state index contributed by atoms with van der Waals surface area (Å²) in [4.78, 5) is 10.8. The molecule has 6 heteroatoms. The highest BCUT2D eigenvalue weighted by Gasteiger charge is 2.12. The van der Waals surface area contributed by atoms with E-state index < -0.39 is 5.97 Å². The molecular weight excluding hydrogens is 262 g/mol. The third-order valence-electron chi connectivity index (χ3n) is 1.82. The molecule has 76 valence electrons. The maximum atomic E-state index is 10.8. The summed E-state index contributed by atoms with van der Waals surface area (Å²) in [5.41, 5.74) is 0.687. The topological polar surface area (TPSA) is 68.0 Å². The molecule has 0 spiro atoms. The standard InChI is InChI=1S/C9H6BrN3O2/c10-6-2-1-3-7(4-6)13-8(9(14)15)5-11-12-13/h1-5H,(H,14,15). The second kappa shape index (κ2) is 3.82. The van der Waals surface area contributed by atoms with Crippen LogP contribution in [0.3, 0.4) is 0 Å². The molecule has 0 fully saturated rings. The van der Waals surface area contributed by atoms with Gasteiger partial charge in [0.2, 0.25) is 0 Å². The van der Waals surface area contributed by atoms with Crippen LogP contribution in [-0.4, -0.2) is 26.1 Å². The SMILES string of the molecule is O=C(O)c1cnnn1-c1cccc(Br)c1. The minimum Gasteiger partial charge on any atom is -0.476 e. The van der Waals surface area contributed by atoms with Crippen molar-refractivity contribution >= 4 is 21.9 Å². The number of hydrogen-bond acceptors (Lipinski definition) is 3. The summed E-state index contributed by atoms with van der Waals surface area (Å²) in [6.45, 7) is 0. The quantitative estimate of drug-likeness (QED) is 0.900. The van der Waals surface area contributed by atoms with Gasteiger partial charge in [0.1, 0.15) is 0 Å². The Kier molecular flexibility index (Phi) is 2.51. The Morgan fingerprint density at radius 2 is 2.27 bits per heavy atom. The normalized spacial score (nSPS) is 10.2. The summed E-state index contributed by atoms with van der Waals surface area (Å²) in [5, 5.41) is 16.2. The molecule has 0 aliphatic carbocycles. The zero-order valence-corrected chi connectivity index (χ0v) is 9.05. The van der Waals surface area contributed by atoms with Crippen LogP contribution in [-0.2, 0) is 0 Å². The van der Waals surface area contributed by atoms with Crippen LogP contribution in [0.4, 0.5) is 0 Å². The number of carboxylic acid groups (broad SMARTS) is 1. The van der Waals surface area contributed by atoms with Crippen molar-refractivity contribution in [3.63, 3.8) is 0 Å². The van der Waals surface area contributed by atoms with Gasteiger partial charge in [-0.3, -0.25) is 0 Å². The van der Waals surface area contributed by atoms with Gasteiger partial charge >= 0.3 is 5.97 Å². The van der Waals surface area contributed by atoms with Gasteiger partial charge in [-0.05, 0) is 18.2 Å². The smallest absolute Gasteiger partial charge is 0.356 e. The van der Waals surface area contributed by atoms with E-state index in [9.17, 15) is 4.79 Å². The van der Waals surface area contributed by atoms with Crippen molar-refractivity contribution in [3.05, 3.63) is 40.6 Å². The summed E-state index contributed by atoms with van der Waals surface area (Å²) < 4.78 is 2.12. The highest BCUT2D eigenvalue weighted by Crippen LogP contribution is 2.15. The van der Waals surface area contributed by atoms with Crippen LogP contribution >= 0.6 is 15.9 Å². The average molecular weight is 268 g/mol. The van der Waals surface area contributed by atoms with Crippen molar-refractivity contribution in [1.82, 2.24) is 15.0 Å². The second-order valence-corrected chi connectivity index (χ2v) is 3.73. The van der Waals surface area contributed by atoms with Crippen molar-refractivity contribution in [2.24, 2.45) is 0 Å². The highest BCUT2D eigenvalue weighted by molar-refractivity contribution is 9.10. The van der Waals surface area contributed by atoms with Gasteiger partial charge in [-0.15, -0.1) is 5.10 Å². The number of carbonyl (C=O) groups is 1. The van der Waals surface area contributed by atoms with Crippen LogP contribution in [0.1, 0.15) is 10.5 Å². The van der Waals surface area contributed by atoms with Crippen LogP contribution in [0.2, 0.25) is 0 Å². The lowest BCUT2D eigenvalue weighted by atomic mass is 10.3. The zero-order valence-electron chi connectivity index (χ0n) is 7.46. The monoisotopic (exact) mass is 267 g/mol. The molecule has 0 bridgehead atoms. The molecule has 0 saturated carbocycles. The van der Waals surface area contributed by atoms with Crippen LogP contribution in [0, 0.1) is 0 Å². The molecule has 1 heterocycles. The summed E-state index contributed by atoms with van der Waals surface area (Å²) in [6, 6.07) is 7.17. The Morgan fingerprint density at radius 3 is 2.93 bits per heavy atom. The van der Waals surface area contributed by atoms with Crippen LogP contribution in [0.25, 0.3) is 5.69 Å². The molecule has 1 N–H and O–H groups in total. The van der Waals surface area contributed by atoms with Gasteiger partial charge in [-0.2, -0.15) is 0 Å². The first-order valence-corrected chi connectivity index (χ1v) is 4.88. The molecule has 0 atom stereocenters. The van der Waals surface area contributed by atoms with E-state index in [0.29, 0.717) is 5.69 Å². The molecule has 2 aromatic rings. The van der Waals surface area contributed by atoms with E-state index >= 15 is 0 Å². The number of carboxylic acids is 1. The fourth-order valence-corrected chi connectivity index (χ4v) is 1.57. The number of hydrogen-bond donors (Lipinski definition) is 1. The summed E-state index contributed by atoms with van der Waals surface area (Å²) in [7, 11) is 0. The minimum atomic E-state index is -1.06. The van der Waals surface area contributed by atoms with Gasteiger partial charge in [0.25, 0.3) is 0 Å². The Morgan fingerprint density at radius 1 is 1.47 bits per heavy atom. The molecule has 15 heavy (non-hydrogen) atoms. The molecule has 1 aromatic heterocycles. The first-order chi connectivity index (χ1) is 7.18. The largest absolute Gasteiger partial charge is 0.476 e. The number of nitrogens with zero attached hydrogens (tertiary/aromatic N) is 3. The van der Waals surface area contributed by atoms with E-state index in [2.05, 4.69) is 26.2 Å². The lowest BCUT2D eigenvalue weighted by molar-refractivity contribution is 0.0687. The Bertz CT molecular complexity index is 510. The van der Waals surface area contributed by atoms with E-state index in [4.69, 9.17) is 5.11 Å². The lowest BCUT2D eigenvalue weighted by Gasteiger charge is -2.02. The van der Waals surface area contributed by atoms with Crippen molar-refractivity contribution < 1.29 is 9.90 Å². The van der Waals surface area contributed by atoms with Crippen LogP contribution in [0.5, 0.6) is 0 Å². The summed E-state index contributed by atoms with van der Waals surface area (Å²) in [6.07, 6.45) is 1.21. The summed E-state index contributed by atoms with van der Waals surface area (Å²) in [5.74, 6) is -1.06. The van der Waals surface area contributed by atoms with E-state index in [1.54, 1.807) is 18.2 Å². The Hall–Kier alpha value is -1.69. The predicted molar refractivity (Wildman–Crippen MR) is 56.0 cm³/mol. The number of aromatic carboxylic acids is 1. The third-order valence-corrected chi connectivity index (χ3v) is 2.31. The van der Waals surface area contributed by atoms with Crippen molar-refractivity contribution in [3.8, 4) is 5.69 Å². The van der Waals surface area contributed by atoms with Gasteiger partial charge < -0.3 is 5.11 Å². The molecule has 0 aliphatic rings. The second-order valence-electron chi connectivity index (χ2n) is 2.82. The van der Waals surface area contributed by atoms with E-state index in [0.717, 1.165) is 4.47 Å². The molecule has 1 aromatic carbocycles. The molecule has 0 radical (unpaired) electrons. The van der Waals surface area contributed by atoms with Gasteiger partial charge in [0.15, 0.2) is 5.69 Å². The molecule has 0 aliphatic heterocycles. The van der Waals surface area contributed by atoms with Gasteiger partial charge in [-0.1, -0.05) is 27.2 Å². The van der Waals surface area contributed by atoms with E-state index in [1.807, 2.05) is 6.07 Å². The van der Waals surface area contributed by atoms with Crippen molar-refractivity contribution in [1.29, 1.82) is 0 Å². The van der Waals surface area contributed by atoms with E-state index in [-0.39, 0.29) is 5.69 Å². The number of rotatable bonds is 2. The van der Waals surface area contributed by atoms with Crippen LogP contribution < -0.4 is 0 Å². The highest BCUT2D eigenvalue weighted by atomic mass is 79.9. The molecule has 2 rings (SSSR count). The zero-order chi connectivity index (χ0) is 10.8. The van der Waals surface area contributed by atoms with Crippen LogP contribution in [0.15, 0.2) is 34.9 Å². The number of aromatic nitrogens is 3. The van der Waals surface area contributed by atoms with Gasteiger partial charge in [-0.25, -0.2) is 9.48 Å². The van der Waals surface area contributed by atoms with Gasteiger partial charge in [0, 0.05) is 4.47 Å². The van der Waals surface area contributed by atoms with E-state index in [1.165, 1.54) is 10.9 Å². The first-order valence-electron chi connectivity index (χ1n) is 4.08. The predicted octanol–water partition coefficient (Wildman–Crippen LogP) is 1.73. The Labute approximate surface area is 93.5 Å². The fraction of sp³-hybridized carbons (Fsp3) is 0. The lowest BCUT2D eigenvalue weighted by Crippen LogP contribution is -2.07. The fourth-order valence-electron chi connectivity index (χ4n) is 1.18. The maximum absolute atomic E-state index is 10.8. The van der Waals surface area contributed by atoms with Crippen molar-refractivity contribution in [2.75, 3.05) is 0 Å². The Balaban J connectivity index is 2.54. The minimum absolute atomic E-state index is 0.0353. The maximum Gasteiger partial charge on any atom is 0.356 e. The number of benzene rings is 1. The van der Waals surface area contributed by atoms with Gasteiger partial charge in [0.05, 0.1) is 11.9 Å².